The molecule has 2 rings (SSSR count). The van der Waals surface area contributed by atoms with Gasteiger partial charge in [0, 0.05) is 24.3 Å². The van der Waals surface area contributed by atoms with Crippen LogP contribution in [0.2, 0.25) is 0 Å². The van der Waals surface area contributed by atoms with Gasteiger partial charge < -0.3 is 15.0 Å². The average Bonchev–Trinajstić information content (AvgIpc) is 2.86. The maximum atomic E-state index is 12.3. The first-order chi connectivity index (χ1) is 11.5. The number of alkyl halides is 3. The number of halogens is 3. The molecule has 1 aromatic carbocycles. The van der Waals surface area contributed by atoms with Gasteiger partial charge in [0.05, 0.1) is 11.5 Å². The fourth-order valence-electron chi connectivity index (χ4n) is 2.52. The maximum absolute atomic E-state index is 12.3. The third-order valence-corrected chi connectivity index (χ3v) is 5.74. The lowest BCUT2D eigenvalue weighted by molar-refractivity contribution is -0.153. The Morgan fingerprint density at radius 2 is 2.08 bits per heavy atom. The first-order valence-corrected chi connectivity index (χ1v) is 9.34. The second kappa shape index (κ2) is 7.11. The van der Waals surface area contributed by atoms with E-state index in [2.05, 4.69) is 5.32 Å². The van der Waals surface area contributed by atoms with Gasteiger partial charge in [0.15, 0.2) is 16.4 Å². The van der Waals surface area contributed by atoms with E-state index in [1.165, 1.54) is 37.1 Å². The van der Waals surface area contributed by atoms with Crippen LogP contribution in [-0.2, 0) is 9.84 Å². The second-order valence-corrected chi connectivity index (χ2v) is 8.16. The molecule has 1 fully saturated rings. The van der Waals surface area contributed by atoms with Crippen LogP contribution in [0, 0.1) is 6.92 Å². The van der Waals surface area contributed by atoms with E-state index in [0.29, 0.717) is 17.7 Å². The molecular weight excluding hydrogens is 361 g/mol. The largest absolute Gasteiger partial charge is 0.484 e. The second-order valence-electron chi connectivity index (χ2n) is 5.93. The van der Waals surface area contributed by atoms with E-state index in [1.54, 1.807) is 0 Å². The number of nitrogens with zero attached hydrogens (tertiary/aromatic N) is 1. The van der Waals surface area contributed by atoms with Gasteiger partial charge in [-0.05, 0) is 25.5 Å². The molecule has 0 bridgehead atoms. The van der Waals surface area contributed by atoms with E-state index in [0.717, 1.165) is 0 Å². The van der Waals surface area contributed by atoms with Crippen molar-refractivity contribution in [1.82, 2.24) is 4.90 Å². The number of benzene rings is 1. The highest BCUT2D eigenvalue weighted by Crippen LogP contribution is 2.28. The van der Waals surface area contributed by atoms with Gasteiger partial charge in [0.25, 0.3) is 0 Å². The summed E-state index contributed by atoms with van der Waals surface area (Å²) in [4.78, 5) is 13.6. The van der Waals surface area contributed by atoms with Crippen molar-refractivity contribution in [3.05, 3.63) is 23.8 Å². The van der Waals surface area contributed by atoms with Gasteiger partial charge in [0.1, 0.15) is 5.75 Å². The minimum atomic E-state index is -4.46. The van der Waals surface area contributed by atoms with Crippen LogP contribution in [0.5, 0.6) is 5.75 Å². The summed E-state index contributed by atoms with van der Waals surface area (Å²) in [6.45, 7) is 0.104. The minimum Gasteiger partial charge on any atom is -0.484 e. The normalized spacial score (nSPS) is 19.5. The van der Waals surface area contributed by atoms with Crippen molar-refractivity contribution in [1.29, 1.82) is 0 Å². The first kappa shape index (κ1) is 19.4. The number of ether oxygens (including phenoxy) is 1. The van der Waals surface area contributed by atoms with Crippen molar-refractivity contribution in [3.63, 3.8) is 0 Å². The van der Waals surface area contributed by atoms with Gasteiger partial charge in [0.2, 0.25) is 0 Å². The van der Waals surface area contributed by atoms with Crippen molar-refractivity contribution in [2.24, 2.45) is 0 Å². The molecule has 0 unspecified atom stereocenters. The molecule has 1 atom stereocenters. The SMILES string of the molecule is Cc1c(NC(=O)N(C)[C@@H]2CCS(=O)(=O)C2)cccc1OCC(F)(F)F. The third-order valence-electron chi connectivity index (χ3n) is 3.99. The summed E-state index contributed by atoms with van der Waals surface area (Å²) in [5, 5.41) is 2.58. The highest BCUT2D eigenvalue weighted by Gasteiger charge is 2.33. The molecule has 1 saturated heterocycles. The Balaban J connectivity index is 2.05. The molecule has 140 valence electrons. The molecular formula is C15H19F3N2O4S. The predicted octanol–water partition coefficient (Wildman–Crippen LogP) is 2.59. The molecule has 6 nitrogen and oxygen atoms in total. The molecule has 25 heavy (non-hydrogen) atoms. The Morgan fingerprint density at radius 1 is 1.40 bits per heavy atom. The van der Waals surface area contributed by atoms with Crippen molar-refractivity contribution in [3.8, 4) is 5.75 Å². The Hall–Kier alpha value is -1.97. The van der Waals surface area contributed by atoms with Gasteiger partial charge in [-0.15, -0.1) is 0 Å². The Labute approximate surface area is 143 Å². The molecule has 1 aliphatic heterocycles. The van der Waals surface area contributed by atoms with Crippen LogP contribution >= 0.6 is 0 Å². The standard InChI is InChI=1S/C15H19F3N2O4S/c1-10-12(4-3-5-13(10)24-9-15(16,17)18)19-14(21)20(2)11-6-7-25(22,23)8-11/h3-5,11H,6-9H2,1-2H3,(H,19,21)/t11-/m1/s1. The molecule has 10 heteroatoms. The number of anilines is 1. The number of hydrogen-bond acceptors (Lipinski definition) is 4. The van der Waals surface area contributed by atoms with E-state index in [-0.39, 0.29) is 17.3 Å². The third kappa shape index (κ3) is 5.25. The average molecular weight is 380 g/mol. The van der Waals surface area contributed by atoms with Crippen LogP contribution in [-0.4, -0.2) is 56.7 Å². The molecule has 1 heterocycles. The van der Waals surface area contributed by atoms with Crippen LogP contribution in [0.1, 0.15) is 12.0 Å². The van der Waals surface area contributed by atoms with Gasteiger partial charge in [-0.2, -0.15) is 13.2 Å². The summed E-state index contributed by atoms with van der Waals surface area (Å²) in [7, 11) is -1.64. The van der Waals surface area contributed by atoms with E-state index >= 15 is 0 Å². The lowest BCUT2D eigenvalue weighted by atomic mass is 10.2. The van der Waals surface area contributed by atoms with Crippen LogP contribution in [0.4, 0.5) is 23.7 Å². The zero-order valence-electron chi connectivity index (χ0n) is 13.8. The van der Waals surface area contributed by atoms with Crippen molar-refractivity contribution < 1.29 is 31.1 Å². The highest BCUT2D eigenvalue weighted by molar-refractivity contribution is 7.91. The number of sulfone groups is 1. The molecule has 0 radical (unpaired) electrons. The van der Waals surface area contributed by atoms with E-state index in [9.17, 15) is 26.4 Å². The highest BCUT2D eigenvalue weighted by atomic mass is 32.2. The summed E-state index contributed by atoms with van der Waals surface area (Å²) in [6, 6.07) is 3.43. The lowest BCUT2D eigenvalue weighted by Crippen LogP contribution is -2.40. The van der Waals surface area contributed by atoms with Crippen molar-refractivity contribution in [2.45, 2.75) is 25.6 Å². The van der Waals surface area contributed by atoms with Crippen molar-refractivity contribution in [2.75, 3.05) is 30.5 Å². The molecule has 0 saturated carbocycles. The number of urea groups is 1. The number of rotatable bonds is 4. The van der Waals surface area contributed by atoms with E-state index in [4.69, 9.17) is 4.74 Å². The van der Waals surface area contributed by atoms with E-state index in [1.807, 2.05) is 0 Å². The zero-order valence-corrected chi connectivity index (χ0v) is 14.6. The van der Waals surface area contributed by atoms with Crippen LogP contribution in [0.3, 0.4) is 0 Å². The van der Waals surface area contributed by atoms with E-state index < -0.39 is 34.7 Å². The number of carbonyl (C=O) groups is 1. The predicted molar refractivity (Wildman–Crippen MR) is 86.6 cm³/mol. The van der Waals surface area contributed by atoms with Crippen LogP contribution in [0.25, 0.3) is 0 Å². The number of hydrogen-bond donors (Lipinski definition) is 1. The van der Waals surface area contributed by atoms with Gasteiger partial charge >= 0.3 is 12.2 Å². The Kier molecular flexibility index (Phi) is 5.50. The summed E-state index contributed by atoms with van der Waals surface area (Å²) < 4.78 is 64.6. The smallest absolute Gasteiger partial charge is 0.422 e. The molecule has 2 amide bonds. The minimum absolute atomic E-state index is 0.0150. The molecule has 0 spiro atoms. The summed E-state index contributed by atoms with van der Waals surface area (Å²) in [6.07, 6.45) is -4.10. The summed E-state index contributed by atoms with van der Waals surface area (Å²) in [5.74, 6) is -0.0408. The summed E-state index contributed by atoms with van der Waals surface area (Å²) in [5.41, 5.74) is 0.657. The molecule has 1 N–H and O–H groups in total. The quantitative estimate of drug-likeness (QED) is 0.871. The first-order valence-electron chi connectivity index (χ1n) is 7.52. The van der Waals surface area contributed by atoms with Gasteiger partial charge in [-0.1, -0.05) is 6.07 Å². The maximum Gasteiger partial charge on any atom is 0.422 e. The van der Waals surface area contributed by atoms with Crippen LogP contribution in [0.15, 0.2) is 18.2 Å². The molecule has 1 aromatic rings. The number of amides is 2. The lowest BCUT2D eigenvalue weighted by Gasteiger charge is -2.24. The summed E-state index contributed by atoms with van der Waals surface area (Å²) >= 11 is 0. The fourth-order valence-corrected chi connectivity index (χ4v) is 4.29. The molecule has 0 aromatic heterocycles. The van der Waals surface area contributed by atoms with Gasteiger partial charge in [-0.25, -0.2) is 13.2 Å². The Morgan fingerprint density at radius 3 is 2.64 bits per heavy atom. The fraction of sp³-hybridized carbons (Fsp3) is 0.533. The van der Waals surface area contributed by atoms with Crippen molar-refractivity contribution >= 4 is 21.6 Å². The monoisotopic (exact) mass is 380 g/mol. The topological polar surface area (TPSA) is 75.7 Å². The molecule has 0 aliphatic carbocycles. The zero-order chi connectivity index (χ0) is 18.8. The number of carbonyl (C=O) groups excluding carboxylic acids is 1. The molecule has 1 aliphatic rings. The Bertz CT molecular complexity index is 750. The van der Waals surface area contributed by atoms with Gasteiger partial charge in [-0.3, -0.25) is 0 Å². The number of nitrogens with one attached hydrogen (secondary N) is 1. The van der Waals surface area contributed by atoms with Crippen LogP contribution < -0.4 is 10.1 Å².